The predicted molar refractivity (Wildman–Crippen MR) is 65.2 cm³/mol. The third kappa shape index (κ3) is 10.1. The van der Waals surface area contributed by atoms with Crippen molar-refractivity contribution in [2.45, 2.75) is 78.4 Å². The van der Waals surface area contributed by atoms with E-state index in [0.29, 0.717) is 6.42 Å². The van der Waals surface area contributed by atoms with E-state index in [9.17, 15) is 4.79 Å². The molecule has 0 rings (SSSR count). The maximum absolute atomic E-state index is 11.1. The van der Waals surface area contributed by atoms with E-state index in [0.717, 1.165) is 12.8 Å². The summed E-state index contributed by atoms with van der Waals surface area (Å²) in [5.74, 6) is 0.152. The number of unbranched alkanes of at least 4 members (excludes halogenated alkanes) is 2. The zero-order valence-corrected chi connectivity index (χ0v) is 11.3. The topological polar surface area (TPSA) is 35.5 Å². The van der Waals surface area contributed by atoms with E-state index in [4.69, 9.17) is 9.78 Å². The lowest BCUT2D eigenvalue weighted by Gasteiger charge is -2.22. The van der Waals surface area contributed by atoms with E-state index in [1.165, 1.54) is 12.8 Å². The molecule has 0 amide bonds. The van der Waals surface area contributed by atoms with Gasteiger partial charge in [0.2, 0.25) is 0 Å². The van der Waals surface area contributed by atoms with Crippen LogP contribution in [0.5, 0.6) is 0 Å². The minimum atomic E-state index is -0.320. The van der Waals surface area contributed by atoms with Crippen LogP contribution in [0.3, 0.4) is 0 Å². The van der Waals surface area contributed by atoms with E-state index in [1.807, 2.05) is 20.8 Å². The SMILES string of the molecule is CCCCC[C@H](CC(C)=O)OOC(C)(C)C. The molecule has 16 heavy (non-hydrogen) atoms. The van der Waals surface area contributed by atoms with Crippen LogP contribution in [-0.4, -0.2) is 17.5 Å². The Kier molecular flexibility index (Phi) is 7.60. The first-order chi connectivity index (χ1) is 7.35. The van der Waals surface area contributed by atoms with Gasteiger partial charge >= 0.3 is 0 Å². The second-order valence-corrected chi connectivity index (χ2v) is 5.32. The molecule has 0 bridgehead atoms. The zero-order valence-electron chi connectivity index (χ0n) is 11.3. The van der Waals surface area contributed by atoms with Gasteiger partial charge in [-0.15, -0.1) is 0 Å². The largest absolute Gasteiger partial charge is 0.300 e. The van der Waals surface area contributed by atoms with E-state index in [1.54, 1.807) is 6.92 Å². The highest BCUT2D eigenvalue weighted by atomic mass is 17.2. The van der Waals surface area contributed by atoms with Crippen molar-refractivity contribution in [1.82, 2.24) is 0 Å². The maximum atomic E-state index is 11.1. The normalized spacial score (nSPS) is 13.8. The lowest BCUT2D eigenvalue weighted by molar-refractivity contribution is -0.373. The van der Waals surface area contributed by atoms with Gasteiger partial charge in [0.15, 0.2) is 0 Å². The second-order valence-electron chi connectivity index (χ2n) is 5.32. The molecule has 0 saturated heterocycles. The standard InChI is InChI=1S/C13H26O3/c1-6-7-8-9-12(10-11(2)14)15-16-13(3,4)5/h12H,6-10H2,1-5H3/t12-/m1/s1. The summed E-state index contributed by atoms with van der Waals surface area (Å²) in [5.41, 5.74) is -0.320. The lowest BCUT2D eigenvalue weighted by atomic mass is 10.1. The van der Waals surface area contributed by atoms with Crippen molar-refractivity contribution in [2.75, 3.05) is 0 Å². The monoisotopic (exact) mass is 230 g/mol. The van der Waals surface area contributed by atoms with Crippen LogP contribution < -0.4 is 0 Å². The molecule has 0 fully saturated rings. The van der Waals surface area contributed by atoms with Crippen LogP contribution >= 0.6 is 0 Å². The molecule has 0 aliphatic carbocycles. The van der Waals surface area contributed by atoms with Crippen molar-refractivity contribution in [2.24, 2.45) is 0 Å². The van der Waals surface area contributed by atoms with Gasteiger partial charge in [-0.25, -0.2) is 9.78 Å². The first kappa shape index (κ1) is 15.6. The Morgan fingerprint density at radius 3 is 2.31 bits per heavy atom. The number of ketones is 1. The predicted octanol–water partition coefficient (Wildman–Crippen LogP) is 3.66. The van der Waals surface area contributed by atoms with Crippen molar-refractivity contribution in [3.05, 3.63) is 0 Å². The zero-order chi connectivity index (χ0) is 12.6. The van der Waals surface area contributed by atoms with Gasteiger partial charge in [0.25, 0.3) is 0 Å². The molecule has 0 saturated carbocycles. The summed E-state index contributed by atoms with van der Waals surface area (Å²) >= 11 is 0. The molecule has 0 aromatic heterocycles. The summed E-state index contributed by atoms with van der Waals surface area (Å²) in [6.45, 7) is 9.55. The number of hydrogen-bond acceptors (Lipinski definition) is 3. The smallest absolute Gasteiger partial charge is 0.132 e. The molecule has 0 aromatic rings. The highest BCUT2D eigenvalue weighted by Gasteiger charge is 2.18. The first-order valence-electron chi connectivity index (χ1n) is 6.19. The first-order valence-corrected chi connectivity index (χ1v) is 6.19. The average molecular weight is 230 g/mol. The molecule has 0 radical (unpaired) electrons. The number of rotatable bonds is 8. The van der Waals surface area contributed by atoms with Gasteiger partial charge in [0.1, 0.15) is 5.78 Å². The number of carbonyl (C=O) groups excluding carboxylic acids is 1. The average Bonchev–Trinajstić information content (AvgIpc) is 2.12. The van der Waals surface area contributed by atoms with Crippen molar-refractivity contribution in [1.29, 1.82) is 0 Å². The van der Waals surface area contributed by atoms with Crippen LogP contribution in [0.15, 0.2) is 0 Å². The summed E-state index contributed by atoms with van der Waals surface area (Å²) in [4.78, 5) is 21.7. The molecule has 0 N–H and O–H groups in total. The fourth-order valence-corrected chi connectivity index (χ4v) is 1.34. The molecule has 0 aliphatic rings. The molecular weight excluding hydrogens is 204 g/mol. The minimum absolute atomic E-state index is 0.0942. The van der Waals surface area contributed by atoms with E-state index in [2.05, 4.69) is 6.92 Å². The number of Topliss-reactive ketones (excluding diaryl/α,β-unsaturated/α-hetero) is 1. The number of hydrogen-bond donors (Lipinski definition) is 0. The van der Waals surface area contributed by atoms with E-state index in [-0.39, 0.29) is 17.5 Å². The summed E-state index contributed by atoms with van der Waals surface area (Å²) in [7, 11) is 0. The molecule has 96 valence electrons. The molecule has 1 atom stereocenters. The van der Waals surface area contributed by atoms with Crippen LogP contribution in [-0.2, 0) is 14.6 Å². The summed E-state index contributed by atoms with van der Waals surface area (Å²) in [6.07, 6.45) is 4.68. The van der Waals surface area contributed by atoms with Gasteiger partial charge in [0, 0.05) is 6.42 Å². The fourth-order valence-electron chi connectivity index (χ4n) is 1.34. The third-order valence-corrected chi connectivity index (χ3v) is 2.08. The highest BCUT2D eigenvalue weighted by Crippen LogP contribution is 2.15. The molecular formula is C13H26O3. The van der Waals surface area contributed by atoms with Crippen LogP contribution in [0, 0.1) is 0 Å². The van der Waals surface area contributed by atoms with Crippen LogP contribution in [0.2, 0.25) is 0 Å². The fraction of sp³-hybridized carbons (Fsp3) is 0.923. The highest BCUT2D eigenvalue weighted by molar-refractivity contribution is 5.75. The molecule has 3 nitrogen and oxygen atoms in total. The molecule has 0 heterocycles. The Morgan fingerprint density at radius 2 is 1.88 bits per heavy atom. The summed E-state index contributed by atoms with van der Waals surface area (Å²) in [6, 6.07) is 0. The van der Waals surface area contributed by atoms with Crippen molar-refractivity contribution in [3.63, 3.8) is 0 Å². The van der Waals surface area contributed by atoms with Crippen LogP contribution in [0.25, 0.3) is 0 Å². The van der Waals surface area contributed by atoms with Gasteiger partial charge in [-0.2, -0.15) is 0 Å². The molecule has 0 unspecified atom stereocenters. The van der Waals surface area contributed by atoms with Gasteiger partial charge < -0.3 is 0 Å². The van der Waals surface area contributed by atoms with Crippen LogP contribution in [0.1, 0.15) is 66.7 Å². The Hall–Kier alpha value is -0.410. The third-order valence-electron chi connectivity index (χ3n) is 2.08. The quantitative estimate of drug-likeness (QED) is 0.362. The van der Waals surface area contributed by atoms with Crippen LogP contribution in [0.4, 0.5) is 0 Å². The van der Waals surface area contributed by atoms with E-state index >= 15 is 0 Å². The Balaban J connectivity index is 3.95. The summed E-state index contributed by atoms with van der Waals surface area (Å²) < 4.78 is 0. The summed E-state index contributed by atoms with van der Waals surface area (Å²) in [5, 5.41) is 0. The lowest BCUT2D eigenvalue weighted by Crippen LogP contribution is -2.25. The Bertz CT molecular complexity index is 194. The Morgan fingerprint density at radius 1 is 1.25 bits per heavy atom. The number of carbonyl (C=O) groups is 1. The molecule has 0 aliphatic heterocycles. The molecule has 0 spiro atoms. The minimum Gasteiger partial charge on any atom is -0.300 e. The van der Waals surface area contributed by atoms with Crippen molar-refractivity contribution >= 4 is 5.78 Å². The van der Waals surface area contributed by atoms with Crippen molar-refractivity contribution in [3.8, 4) is 0 Å². The Labute approximate surface area is 99.4 Å². The van der Waals surface area contributed by atoms with E-state index < -0.39 is 0 Å². The van der Waals surface area contributed by atoms with Gasteiger partial charge in [-0.1, -0.05) is 26.2 Å². The maximum Gasteiger partial charge on any atom is 0.132 e. The van der Waals surface area contributed by atoms with Crippen molar-refractivity contribution < 1.29 is 14.6 Å². The van der Waals surface area contributed by atoms with Gasteiger partial charge in [-0.05, 0) is 34.1 Å². The van der Waals surface area contributed by atoms with Gasteiger partial charge in [-0.3, -0.25) is 4.79 Å². The molecule has 0 aromatic carbocycles. The molecule has 3 heteroatoms. The second kappa shape index (κ2) is 7.80. The van der Waals surface area contributed by atoms with Gasteiger partial charge in [0.05, 0.1) is 11.7 Å².